The molecule has 0 aliphatic rings. The lowest BCUT2D eigenvalue weighted by atomic mass is 9.74. The second-order valence-corrected chi connectivity index (χ2v) is 6.80. The zero-order chi connectivity index (χ0) is 20.0. The van der Waals surface area contributed by atoms with Gasteiger partial charge in [-0.05, 0) is 41.4 Å². The van der Waals surface area contributed by atoms with Crippen LogP contribution >= 0.6 is 0 Å². The first-order valence-corrected chi connectivity index (χ1v) is 10.4. The predicted octanol–water partition coefficient (Wildman–Crippen LogP) is 7.77. The summed E-state index contributed by atoms with van der Waals surface area (Å²) in [5.74, 6) is 0. The van der Waals surface area contributed by atoms with E-state index in [1.807, 2.05) is 27.7 Å². The van der Waals surface area contributed by atoms with Crippen LogP contribution in [0.15, 0.2) is 91.0 Å². The maximum atomic E-state index is 2.42. The summed E-state index contributed by atoms with van der Waals surface area (Å²) >= 11 is 0. The van der Waals surface area contributed by atoms with Crippen molar-refractivity contribution in [2.75, 3.05) is 0 Å². The molecule has 0 saturated heterocycles. The normalized spacial score (nSPS) is 10.1. The van der Waals surface area contributed by atoms with Crippen molar-refractivity contribution in [2.45, 2.75) is 53.9 Å². The van der Waals surface area contributed by atoms with Crippen LogP contribution in [0.5, 0.6) is 0 Å². The standard InChI is InChI=1S/C23H24.2C2H6/c1-23(17-20-11-5-2-6-12-20,18-21-13-7-3-8-14-21)19-22-15-9-4-10-16-22;2*1-2/h2-16H,17-19H2,1H3;2*1-2H3. The largest absolute Gasteiger partial charge is 0.0683 e. The van der Waals surface area contributed by atoms with Gasteiger partial charge in [-0.25, -0.2) is 0 Å². The highest BCUT2D eigenvalue weighted by molar-refractivity contribution is 5.23. The zero-order valence-electron chi connectivity index (χ0n) is 17.8. The molecular formula is C27H36. The molecule has 0 aliphatic heterocycles. The van der Waals surface area contributed by atoms with Crippen molar-refractivity contribution in [3.8, 4) is 0 Å². The van der Waals surface area contributed by atoms with Gasteiger partial charge < -0.3 is 0 Å². The number of hydrogen-bond donors (Lipinski definition) is 0. The van der Waals surface area contributed by atoms with E-state index in [9.17, 15) is 0 Å². The molecule has 0 spiro atoms. The van der Waals surface area contributed by atoms with Crippen molar-refractivity contribution < 1.29 is 0 Å². The number of hydrogen-bond acceptors (Lipinski definition) is 0. The third kappa shape index (κ3) is 8.26. The quantitative estimate of drug-likeness (QED) is 0.421. The van der Waals surface area contributed by atoms with E-state index in [0.717, 1.165) is 19.3 Å². The van der Waals surface area contributed by atoms with Gasteiger partial charge in [0.1, 0.15) is 0 Å². The van der Waals surface area contributed by atoms with E-state index in [4.69, 9.17) is 0 Å². The lowest BCUT2D eigenvalue weighted by Gasteiger charge is -2.30. The molecule has 144 valence electrons. The van der Waals surface area contributed by atoms with Gasteiger partial charge in [0.05, 0.1) is 0 Å². The van der Waals surface area contributed by atoms with Gasteiger partial charge in [-0.2, -0.15) is 0 Å². The summed E-state index contributed by atoms with van der Waals surface area (Å²) in [4.78, 5) is 0. The second kappa shape index (κ2) is 12.9. The van der Waals surface area contributed by atoms with Gasteiger partial charge in [-0.3, -0.25) is 0 Å². The molecule has 0 heterocycles. The Morgan fingerprint density at radius 1 is 0.444 bits per heavy atom. The molecular weight excluding hydrogens is 324 g/mol. The van der Waals surface area contributed by atoms with Crippen LogP contribution < -0.4 is 0 Å². The lowest BCUT2D eigenvalue weighted by molar-refractivity contribution is 0.316. The molecule has 0 saturated carbocycles. The SMILES string of the molecule is CC.CC.CC(Cc1ccccc1)(Cc1ccccc1)Cc1ccccc1. The topological polar surface area (TPSA) is 0 Å². The first kappa shape index (κ1) is 22.7. The summed E-state index contributed by atoms with van der Waals surface area (Å²) in [5.41, 5.74) is 4.47. The van der Waals surface area contributed by atoms with Crippen LogP contribution in [0.25, 0.3) is 0 Å². The van der Waals surface area contributed by atoms with E-state index >= 15 is 0 Å². The van der Waals surface area contributed by atoms with E-state index in [2.05, 4.69) is 97.9 Å². The summed E-state index contributed by atoms with van der Waals surface area (Å²) in [5, 5.41) is 0. The van der Waals surface area contributed by atoms with E-state index in [1.54, 1.807) is 0 Å². The average Bonchev–Trinajstić information content (AvgIpc) is 2.73. The van der Waals surface area contributed by atoms with Crippen LogP contribution in [-0.2, 0) is 19.3 Å². The van der Waals surface area contributed by atoms with Crippen molar-refractivity contribution in [1.82, 2.24) is 0 Å². The van der Waals surface area contributed by atoms with E-state index in [0.29, 0.717) is 0 Å². The van der Waals surface area contributed by atoms with E-state index < -0.39 is 0 Å². The lowest BCUT2D eigenvalue weighted by Crippen LogP contribution is -2.25. The molecule has 0 nitrogen and oxygen atoms in total. The molecule has 0 fully saturated rings. The minimum absolute atomic E-state index is 0.212. The van der Waals surface area contributed by atoms with Gasteiger partial charge in [-0.15, -0.1) is 0 Å². The van der Waals surface area contributed by atoms with E-state index in [1.165, 1.54) is 16.7 Å². The van der Waals surface area contributed by atoms with Crippen molar-refractivity contribution >= 4 is 0 Å². The maximum absolute atomic E-state index is 2.42. The molecule has 0 heteroatoms. The first-order chi connectivity index (χ1) is 13.2. The van der Waals surface area contributed by atoms with Gasteiger partial charge in [0, 0.05) is 0 Å². The molecule has 3 aromatic carbocycles. The molecule has 0 aliphatic carbocycles. The highest BCUT2D eigenvalue weighted by Gasteiger charge is 2.25. The van der Waals surface area contributed by atoms with E-state index in [-0.39, 0.29) is 5.41 Å². The Balaban J connectivity index is 0.000000855. The molecule has 3 aromatic rings. The van der Waals surface area contributed by atoms with Crippen molar-refractivity contribution in [3.63, 3.8) is 0 Å². The van der Waals surface area contributed by atoms with Gasteiger partial charge in [0.25, 0.3) is 0 Å². The highest BCUT2D eigenvalue weighted by atomic mass is 14.3. The smallest absolute Gasteiger partial charge is 0.0205 e. The van der Waals surface area contributed by atoms with Gasteiger partial charge in [0.2, 0.25) is 0 Å². The number of rotatable bonds is 6. The first-order valence-electron chi connectivity index (χ1n) is 10.4. The third-order valence-corrected chi connectivity index (χ3v) is 4.42. The van der Waals surface area contributed by atoms with Crippen molar-refractivity contribution in [3.05, 3.63) is 108 Å². The van der Waals surface area contributed by atoms with Crippen molar-refractivity contribution in [2.24, 2.45) is 5.41 Å². The fraction of sp³-hybridized carbons (Fsp3) is 0.333. The van der Waals surface area contributed by atoms with Crippen molar-refractivity contribution in [1.29, 1.82) is 0 Å². The average molecular weight is 361 g/mol. The zero-order valence-corrected chi connectivity index (χ0v) is 17.8. The molecule has 0 radical (unpaired) electrons. The van der Waals surface area contributed by atoms with Crippen LogP contribution in [-0.4, -0.2) is 0 Å². The van der Waals surface area contributed by atoms with Gasteiger partial charge >= 0.3 is 0 Å². The monoisotopic (exact) mass is 360 g/mol. The molecule has 0 N–H and O–H groups in total. The Kier molecular flexibility index (Phi) is 10.9. The van der Waals surface area contributed by atoms with Crippen LogP contribution in [0.2, 0.25) is 0 Å². The number of benzene rings is 3. The fourth-order valence-corrected chi connectivity index (χ4v) is 3.45. The van der Waals surface area contributed by atoms with Crippen LogP contribution in [0.3, 0.4) is 0 Å². The Labute approximate surface area is 167 Å². The summed E-state index contributed by atoms with van der Waals surface area (Å²) in [6.07, 6.45) is 3.28. The predicted molar refractivity (Wildman–Crippen MR) is 121 cm³/mol. The fourth-order valence-electron chi connectivity index (χ4n) is 3.45. The minimum atomic E-state index is 0.212. The second-order valence-electron chi connectivity index (χ2n) is 6.80. The molecule has 0 unspecified atom stereocenters. The van der Waals surface area contributed by atoms with Gasteiger partial charge in [-0.1, -0.05) is 126 Å². The molecule has 0 amide bonds. The maximum Gasteiger partial charge on any atom is -0.0205 e. The molecule has 0 bridgehead atoms. The summed E-state index contributed by atoms with van der Waals surface area (Å²) in [6.45, 7) is 10.4. The molecule has 0 atom stereocenters. The Hall–Kier alpha value is -2.34. The Morgan fingerprint density at radius 2 is 0.667 bits per heavy atom. The molecule has 27 heavy (non-hydrogen) atoms. The minimum Gasteiger partial charge on any atom is -0.0683 e. The Bertz CT molecular complexity index is 597. The molecule has 0 aromatic heterocycles. The summed E-state index contributed by atoms with van der Waals surface area (Å²) in [6, 6.07) is 32.6. The van der Waals surface area contributed by atoms with Crippen LogP contribution in [0.1, 0.15) is 51.3 Å². The highest BCUT2D eigenvalue weighted by Crippen LogP contribution is 2.31. The summed E-state index contributed by atoms with van der Waals surface area (Å²) in [7, 11) is 0. The van der Waals surface area contributed by atoms with Gasteiger partial charge in [0.15, 0.2) is 0 Å². The van der Waals surface area contributed by atoms with Crippen LogP contribution in [0.4, 0.5) is 0 Å². The summed E-state index contributed by atoms with van der Waals surface area (Å²) < 4.78 is 0. The Morgan fingerprint density at radius 3 is 0.889 bits per heavy atom. The molecule has 3 rings (SSSR count). The third-order valence-electron chi connectivity index (χ3n) is 4.42. The van der Waals surface area contributed by atoms with Crippen LogP contribution in [0, 0.1) is 5.41 Å².